The molecule has 1 heterocycles. The van der Waals surface area contributed by atoms with Crippen LogP contribution in [-0.4, -0.2) is 28.7 Å². The molecule has 3 heteroatoms. The van der Waals surface area contributed by atoms with Crippen molar-refractivity contribution >= 4 is 15.9 Å². The van der Waals surface area contributed by atoms with Gasteiger partial charge in [-0.25, -0.2) is 0 Å². The molecule has 33 heavy (non-hydrogen) atoms. The van der Waals surface area contributed by atoms with Crippen molar-refractivity contribution in [3.63, 3.8) is 0 Å². The first-order valence-corrected chi connectivity index (χ1v) is 15.1. The summed E-state index contributed by atoms with van der Waals surface area (Å²) in [6, 6.07) is 0. The number of fused-ring (bicyclic) bond motifs is 5. The Bertz CT molecular complexity index is 837. The Hall–Kier alpha value is 0.400. The molecule has 11 atom stereocenters. The molecule has 0 amide bonds. The van der Waals surface area contributed by atoms with E-state index in [1.165, 1.54) is 51.4 Å². The fourth-order valence-electron chi connectivity index (χ4n) is 12.1. The number of hydrogen-bond donors (Lipinski definition) is 1. The van der Waals surface area contributed by atoms with Gasteiger partial charge in [0.2, 0.25) is 0 Å². The Kier molecular flexibility index (Phi) is 4.92. The van der Waals surface area contributed by atoms with E-state index in [0.29, 0.717) is 33.7 Å². The van der Waals surface area contributed by atoms with Crippen LogP contribution in [0.25, 0.3) is 0 Å². The molecule has 2 bridgehead atoms. The van der Waals surface area contributed by atoms with Crippen LogP contribution in [0.2, 0.25) is 0 Å². The predicted molar refractivity (Wildman–Crippen MR) is 138 cm³/mol. The maximum absolute atomic E-state index is 11.2. The molecular formula is C30H49BrO2. The first-order chi connectivity index (χ1) is 15.2. The molecule has 6 aliphatic rings. The molecule has 0 spiro atoms. The molecule has 0 aromatic heterocycles. The van der Waals surface area contributed by atoms with Gasteiger partial charge in [-0.2, -0.15) is 0 Å². The number of alkyl halides is 1. The van der Waals surface area contributed by atoms with Gasteiger partial charge >= 0.3 is 0 Å². The second-order valence-corrected chi connectivity index (χ2v) is 16.8. The summed E-state index contributed by atoms with van der Waals surface area (Å²) in [4.78, 5) is 0.214. The SMILES string of the molecule is CC1(C)CC[C@]23CC[C@]4(C)C(CCC5[C@@]6(C)C[C@H](O)[C@@H](Br)C(C)(C)C6CC[C@]54C)C2[C@@H]1OC3. The van der Waals surface area contributed by atoms with Gasteiger partial charge in [0.1, 0.15) is 0 Å². The highest BCUT2D eigenvalue weighted by Crippen LogP contribution is 2.78. The van der Waals surface area contributed by atoms with Crippen LogP contribution in [0.1, 0.15) is 106 Å². The van der Waals surface area contributed by atoms with E-state index in [4.69, 9.17) is 4.74 Å². The van der Waals surface area contributed by atoms with E-state index in [1.54, 1.807) is 0 Å². The smallest absolute Gasteiger partial charge is 0.0675 e. The van der Waals surface area contributed by atoms with Crippen LogP contribution >= 0.6 is 15.9 Å². The lowest BCUT2D eigenvalue weighted by Crippen LogP contribution is -2.68. The number of halogens is 1. The molecular weight excluding hydrogens is 472 g/mol. The largest absolute Gasteiger partial charge is 0.392 e. The molecule has 188 valence electrons. The van der Waals surface area contributed by atoms with Crippen LogP contribution in [0, 0.1) is 56.2 Å². The maximum Gasteiger partial charge on any atom is 0.0675 e. The minimum Gasteiger partial charge on any atom is -0.392 e. The van der Waals surface area contributed by atoms with Gasteiger partial charge in [-0.3, -0.25) is 0 Å². The van der Waals surface area contributed by atoms with E-state index in [0.717, 1.165) is 30.8 Å². The Balaban J connectivity index is 1.40. The van der Waals surface area contributed by atoms with Crippen molar-refractivity contribution < 1.29 is 9.84 Å². The van der Waals surface area contributed by atoms with E-state index < -0.39 is 0 Å². The third-order valence-corrected chi connectivity index (χ3v) is 15.8. The number of aliphatic hydroxyl groups excluding tert-OH is 1. The van der Waals surface area contributed by atoms with E-state index >= 15 is 0 Å². The first-order valence-electron chi connectivity index (χ1n) is 14.2. The summed E-state index contributed by atoms with van der Waals surface area (Å²) in [5.74, 6) is 3.00. The van der Waals surface area contributed by atoms with Crippen molar-refractivity contribution in [2.24, 2.45) is 56.2 Å². The Morgan fingerprint density at radius 1 is 0.788 bits per heavy atom. The highest BCUT2D eigenvalue weighted by Gasteiger charge is 2.73. The molecule has 6 fully saturated rings. The van der Waals surface area contributed by atoms with Crippen molar-refractivity contribution in [2.75, 3.05) is 6.61 Å². The zero-order valence-corrected chi connectivity index (χ0v) is 23.9. The van der Waals surface area contributed by atoms with Gasteiger partial charge in [-0.15, -0.1) is 0 Å². The standard InChI is InChI=1S/C30H49BrO2/c1-25(2)12-14-30-15-13-28(6)18(22(30)24(25)33-17-30)8-9-21-27(5)16-19(32)23(31)26(3,4)20(27)10-11-29(21,28)7/h18-24,32H,8-17H2,1-7H3/t18?,19-,20?,21?,22?,23+,24-,27-,28+,29+,30+/m0/s1. The molecule has 2 nitrogen and oxygen atoms in total. The van der Waals surface area contributed by atoms with Crippen LogP contribution < -0.4 is 0 Å². The van der Waals surface area contributed by atoms with Gasteiger partial charge in [0.25, 0.3) is 0 Å². The third kappa shape index (κ3) is 2.70. The summed E-state index contributed by atoms with van der Waals surface area (Å²) in [6.45, 7) is 18.9. The van der Waals surface area contributed by atoms with Gasteiger partial charge in [-0.1, -0.05) is 64.4 Å². The van der Waals surface area contributed by atoms with Gasteiger partial charge in [0, 0.05) is 4.83 Å². The van der Waals surface area contributed by atoms with Crippen LogP contribution in [-0.2, 0) is 4.74 Å². The third-order valence-electron chi connectivity index (χ3n) is 14.0. The molecule has 0 radical (unpaired) electrons. The minimum atomic E-state index is -0.229. The van der Waals surface area contributed by atoms with E-state index in [-0.39, 0.29) is 21.8 Å². The second-order valence-electron chi connectivity index (χ2n) is 15.8. The number of ether oxygens (including phenoxy) is 1. The van der Waals surface area contributed by atoms with Crippen molar-refractivity contribution in [1.82, 2.24) is 0 Å². The summed E-state index contributed by atoms with van der Waals surface area (Å²) < 4.78 is 6.71. The topological polar surface area (TPSA) is 29.5 Å². The zero-order chi connectivity index (χ0) is 23.8. The highest BCUT2D eigenvalue weighted by atomic mass is 79.9. The normalized spacial score (nSPS) is 60.8. The van der Waals surface area contributed by atoms with Crippen molar-refractivity contribution in [3.8, 4) is 0 Å². The fourth-order valence-corrected chi connectivity index (χ4v) is 12.6. The Morgan fingerprint density at radius 3 is 2.21 bits per heavy atom. The van der Waals surface area contributed by atoms with Crippen LogP contribution in [0.15, 0.2) is 0 Å². The van der Waals surface area contributed by atoms with Crippen LogP contribution in [0.3, 0.4) is 0 Å². The van der Waals surface area contributed by atoms with Gasteiger partial charge in [-0.05, 0) is 114 Å². The van der Waals surface area contributed by atoms with Gasteiger partial charge in [0.05, 0.1) is 18.8 Å². The monoisotopic (exact) mass is 520 g/mol. The van der Waals surface area contributed by atoms with Gasteiger partial charge in [0.15, 0.2) is 0 Å². The molecule has 1 N–H and O–H groups in total. The lowest BCUT2D eigenvalue weighted by Gasteiger charge is -2.73. The lowest BCUT2D eigenvalue weighted by molar-refractivity contribution is -0.248. The summed E-state index contributed by atoms with van der Waals surface area (Å²) in [5.41, 5.74) is 1.96. The molecule has 1 saturated heterocycles. The quantitative estimate of drug-likeness (QED) is 0.333. The lowest BCUT2D eigenvalue weighted by atomic mass is 9.31. The number of hydrogen-bond acceptors (Lipinski definition) is 2. The molecule has 1 aliphatic heterocycles. The average molecular weight is 522 g/mol. The summed E-state index contributed by atoms with van der Waals surface area (Å²) in [5, 5.41) is 11.2. The minimum absolute atomic E-state index is 0.141. The Labute approximate surface area is 211 Å². The number of aliphatic hydroxyl groups is 1. The van der Waals surface area contributed by atoms with E-state index in [9.17, 15) is 5.11 Å². The summed E-state index contributed by atoms with van der Waals surface area (Å²) in [7, 11) is 0. The second kappa shape index (κ2) is 6.83. The molecule has 5 aliphatic carbocycles. The zero-order valence-electron chi connectivity index (χ0n) is 22.3. The highest BCUT2D eigenvalue weighted by molar-refractivity contribution is 9.09. The molecule has 0 aromatic rings. The average Bonchev–Trinajstić information content (AvgIpc) is 3.06. The maximum atomic E-state index is 11.2. The van der Waals surface area contributed by atoms with E-state index in [2.05, 4.69) is 64.4 Å². The summed E-state index contributed by atoms with van der Waals surface area (Å²) >= 11 is 3.93. The van der Waals surface area contributed by atoms with Crippen LogP contribution in [0.5, 0.6) is 0 Å². The number of rotatable bonds is 0. The Morgan fingerprint density at radius 2 is 1.48 bits per heavy atom. The van der Waals surface area contributed by atoms with Crippen molar-refractivity contribution in [3.05, 3.63) is 0 Å². The summed E-state index contributed by atoms with van der Waals surface area (Å²) in [6.07, 6.45) is 12.2. The van der Waals surface area contributed by atoms with Crippen molar-refractivity contribution in [1.29, 1.82) is 0 Å². The first kappa shape index (κ1) is 23.8. The molecule has 4 unspecified atom stereocenters. The molecule has 5 saturated carbocycles. The molecule has 0 aromatic carbocycles. The fraction of sp³-hybridized carbons (Fsp3) is 1.00. The van der Waals surface area contributed by atoms with Gasteiger partial charge < -0.3 is 9.84 Å². The van der Waals surface area contributed by atoms with Crippen molar-refractivity contribution in [2.45, 2.75) is 123 Å². The van der Waals surface area contributed by atoms with E-state index in [1.807, 2.05) is 0 Å². The van der Waals surface area contributed by atoms with Crippen LogP contribution in [0.4, 0.5) is 0 Å². The molecule has 6 rings (SSSR count). The predicted octanol–water partition coefficient (Wildman–Crippen LogP) is 7.61.